The minimum atomic E-state index is -3.26. The Bertz CT molecular complexity index is 938. The molecule has 0 aliphatic carbocycles. The highest BCUT2D eigenvalue weighted by Gasteiger charge is 2.13. The number of halogens is 1. The van der Waals surface area contributed by atoms with Gasteiger partial charge in [-0.3, -0.25) is 4.99 Å². The van der Waals surface area contributed by atoms with Gasteiger partial charge in [0.1, 0.15) is 0 Å². The first-order valence-electron chi connectivity index (χ1n) is 10.6. The molecule has 0 radical (unpaired) electrons. The molecule has 2 aromatic carbocycles. The fraction of sp³-hybridized carbons (Fsp3) is 0.435. The lowest BCUT2D eigenvalue weighted by Gasteiger charge is -2.14. The molecular weight excluding hydrogens is 541 g/mol. The van der Waals surface area contributed by atoms with E-state index in [9.17, 15) is 8.42 Å². The zero-order valence-corrected chi connectivity index (χ0v) is 22.1. The second-order valence-electron chi connectivity index (χ2n) is 6.81. The molecular formula is C23H34IN3O4S. The number of rotatable bonds is 12. The molecule has 0 unspecified atom stereocenters. The SMILES string of the molecule is CCOc1ccc(CCNC(=NC)NCCCS(=O)(=O)c2ccccc2)cc1OCC.I. The van der Waals surface area contributed by atoms with Crippen molar-refractivity contribution in [3.05, 3.63) is 54.1 Å². The normalized spacial score (nSPS) is 11.4. The number of aliphatic imine (C=N–C) groups is 1. The number of benzene rings is 2. The van der Waals surface area contributed by atoms with Crippen LogP contribution in [0.25, 0.3) is 0 Å². The predicted octanol–water partition coefficient (Wildman–Crippen LogP) is 3.67. The number of hydrogen-bond acceptors (Lipinski definition) is 5. The molecule has 0 saturated carbocycles. The average Bonchev–Trinajstić information content (AvgIpc) is 2.78. The molecule has 7 nitrogen and oxygen atoms in total. The number of sulfone groups is 1. The fourth-order valence-electron chi connectivity index (χ4n) is 3.01. The molecule has 0 atom stereocenters. The van der Waals surface area contributed by atoms with Crippen LogP contribution >= 0.6 is 24.0 Å². The third kappa shape index (κ3) is 9.23. The summed E-state index contributed by atoms with van der Waals surface area (Å²) in [5, 5.41) is 6.42. The maximum absolute atomic E-state index is 12.3. The van der Waals surface area contributed by atoms with Crippen LogP contribution in [-0.4, -0.2) is 53.5 Å². The van der Waals surface area contributed by atoms with E-state index in [4.69, 9.17) is 9.47 Å². The largest absolute Gasteiger partial charge is 0.490 e. The number of nitrogens with zero attached hydrogens (tertiary/aromatic N) is 1. The quantitative estimate of drug-likeness (QED) is 0.174. The number of ether oxygens (including phenoxy) is 2. The van der Waals surface area contributed by atoms with Crippen LogP contribution in [0.5, 0.6) is 11.5 Å². The van der Waals surface area contributed by atoms with Gasteiger partial charge in [-0.15, -0.1) is 24.0 Å². The average molecular weight is 576 g/mol. The molecule has 0 spiro atoms. The van der Waals surface area contributed by atoms with Crippen LogP contribution in [0.3, 0.4) is 0 Å². The maximum atomic E-state index is 12.3. The topological polar surface area (TPSA) is 89.0 Å². The van der Waals surface area contributed by atoms with Gasteiger partial charge in [-0.05, 0) is 56.5 Å². The highest BCUT2D eigenvalue weighted by atomic mass is 127. The smallest absolute Gasteiger partial charge is 0.190 e. The summed E-state index contributed by atoms with van der Waals surface area (Å²) in [6.07, 6.45) is 1.28. The summed E-state index contributed by atoms with van der Waals surface area (Å²) in [5.41, 5.74) is 1.13. The van der Waals surface area contributed by atoms with Crippen LogP contribution in [0, 0.1) is 0 Å². The third-order valence-electron chi connectivity index (χ3n) is 4.52. The predicted molar refractivity (Wildman–Crippen MR) is 140 cm³/mol. The van der Waals surface area contributed by atoms with Crippen LogP contribution in [0.2, 0.25) is 0 Å². The van der Waals surface area contributed by atoms with Crippen molar-refractivity contribution < 1.29 is 17.9 Å². The molecule has 0 aliphatic heterocycles. The standard InChI is InChI=1S/C23H33N3O4S.HI/c1-4-29-21-13-12-19(18-22(21)30-5-2)14-16-26-23(24-3)25-15-9-17-31(27,28)20-10-7-6-8-11-20;/h6-8,10-13,18H,4-5,9,14-17H2,1-3H3,(H2,24,25,26);1H. The van der Waals surface area contributed by atoms with E-state index < -0.39 is 9.84 Å². The van der Waals surface area contributed by atoms with Gasteiger partial charge in [-0.1, -0.05) is 24.3 Å². The monoisotopic (exact) mass is 575 g/mol. The van der Waals surface area contributed by atoms with Gasteiger partial charge in [0, 0.05) is 20.1 Å². The van der Waals surface area contributed by atoms with Crippen molar-refractivity contribution in [2.24, 2.45) is 4.99 Å². The molecule has 0 aliphatic rings. The van der Waals surface area contributed by atoms with Crippen LogP contribution in [0.4, 0.5) is 0 Å². The Morgan fingerprint density at radius 1 is 0.938 bits per heavy atom. The van der Waals surface area contributed by atoms with Gasteiger partial charge >= 0.3 is 0 Å². The molecule has 2 rings (SSSR count). The second kappa shape index (κ2) is 14.9. The lowest BCUT2D eigenvalue weighted by atomic mass is 10.1. The lowest BCUT2D eigenvalue weighted by molar-refractivity contribution is 0.287. The molecule has 2 aromatic rings. The van der Waals surface area contributed by atoms with Gasteiger partial charge in [0.15, 0.2) is 27.3 Å². The summed E-state index contributed by atoms with van der Waals surface area (Å²) in [5.74, 6) is 2.24. The summed E-state index contributed by atoms with van der Waals surface area (Å²) in [7, 11) is -1.56. The van der Waals surface area contributed by atoms with Gasteiger partial charge in [0.2, 0.25) is 0 Å². The third-order valence-corrected chi connectivity index (χ3v) is 6.34. The first kappa shape index (κ1) is 28.0. The fourth-order valence-corrected chi connectivity index (χ4v) is 4.34. The Balaban J connectivity index is 0.00000512. The van der Waals surface area contributed by atoms with E-state index in [1.165, 1.54) is 0 Å². The summed E-state index contributed by atoms with van der Waals surface area (Å²) in [4.78, 5) is 4.56. The zero-order valence-electron chi connectivity index (χ0n) is 19.0. The highest BCUT2D eigenvalue weighted by molar-refractivity contribution is 14.0. The van der Waals surface area contributed by atoms with E-state index >= 15 is 0 Å². The van der Waals surface area contributed by atoms with E-state index in [1.807, 2.05) is 32.0 Å². The number of nitrogens with one attached hydrogen (secondary N) is 2. The molecule has 0 heterocycles. The van der Waals surface area contributed by atoms with Crippen molar-refractivity contribution in [1.82, 2.24) is 10.6 Å². The van der Waals surface area contributed by atoms with Crippen LogP contribution in [-0.2, 0) is 16.3 Å². The molecule has 0 aromatic heterocycles. The van der Waals surface area contributed by atoms with Crippen molar-refractivity contribution in [1.29, 1.82) is 0 Å². The molecule has 0 fully saturated rings. The van der Waals surface area contributed by atoms with Crippen LogP contribution in [0.15, 0.2) is 58.4 Å². The first-order valence-corrected chi connectivity index (χ1v) is 12.3. The van der Waals surface area contributed by atoms with Crippen LogP contribution in [0.1, 0.15) is 25.8 Å². The summed E-state index contributed by atoms with van der Waals surface area (Å²) in [6, 6.07) is 14.5. The minimum Gasteiger partial charge on any atom is -0.490 e. The van der Waals surface area contributed by atoms with Gasteiger partial charge in [0.05, 0.1) is 23.9 Å². The lowest BCUT2D eigenvalue weighted by Crippen LogP contribution is -2.39. The summed E-state index contributed by atoms with van der Waals surface area (Å²) >= 11 is 0. The van der Waals surface area contributed by atoms with Gasteiger partial charge in [-0.25, -0.2) is 8.42 Å². The zero-order chi connectivity index (χ0) is 22.5. The van der Waals surface area contributed by atoms with Crippen LogP contribution < -0.4 is 20.1 Å². The van der Waals surface area contributed by atoms with Crippen molar-refractivity contribution in [3.63, 3.8) is 0 Å². The summed E-state index contributed by atoms with van der Waals surface area (Å²) in [6.45, 7) is 6.27. The Morgan fingerprint density at radius 2 is 1.59 bits per heavy atom. The van der Waals surface area contributed by atoms with Crippen molar-refractivity contribution >= 4 is 39.8 Å². The maximum Gasteiger partial charge on any atom is 0.190 e. The van der Waals surface area contributed by atoms with E-state index in [0.717, 1.165) is 23.5 Å². The Morgan fingerprint density at radius 3 is 2.25 bits per heavy atom. The number of hydrogen-bond donors (Lipinski definition) is 2. The van der Waals surface area contributed by atoms with E-state index in [-0.39, 0.29) is 29.7 Å². The Labute approximate surface area is 208 Å². The molecule has 178 valence electrons. The molecule has 9 heteroatoms. The van der Waals surface area contributed by atoms with Gasteiger partial charge < -0.3 is 20.1 Å². The Hall–Kier alpha value is -2.01. The molecule has 0 bridgehead atoms. The van der Waals surface area contributed by atoms with Gasteiger partial charge in [-0.2, -0.15) is 0 Å². The van der Waals surface area contributed by atoms with Crippen molar-refractivity contribution in [3.8, 4) is 11.5 Å². The molecule has 0 saturated heterocycles. The Kier molecular flexibility index (Phi) is 13.1. The molecule has 0 amide bonds. The van der Waals surface area contributed by atoms with Crippen molar-refractivity contribution in [2.45, 2.75) is 31.6 Å². The van der Waals surface area contributed by atoms with Gasteiger partial charge in [0.25, 0.3) is 0 Å². The van der Waals surface area contributed by atoms with E-state index in [1.54, 1.807) is 37.4 Å². The van der Waals surface area contributed by atoms with E-state index in [2.05, 4.69) is 15.6 Å². The number of guanidine groups is 1. The minimum absolute atomic E-state index is 0. The summed E-state index contributed by atoms with van der Waals surface area (Å²) < 4.78 is 35.9. The molecule has 2 N–H and O–H groups in total. The van der Waals surface area contributed by atoms with Crippen molar-refractivity contribution in [2.75, 3.05) is 39.1 Å². The molecule has 32 heavy (non-hydrogen) atoms. The highest BCUT2D eigenvalue weighted by Crippen LogP contribution is 2.28. The van der Waals surface area contributed by atoms with E-state index in [0.29, 0.717) is 43.6 Å². The second-order valence-corrected chi connectivity index (χ2v) is 8.92. The first-order chi connectivity index (χ1) is 15.0.